The summed E-state index contributed by atoms with van der Waals surface area (Å²) in [5, 5.41) is 8.84. The molecule has 2 heterocycles. The lowest BCUT2D eigenvalue weighted by Crippen LogP contribution is -2.21. The largest absolute Gasteiger partial charge is 0.394 e. The van der Waals surface area contributed by atoms with Crippen molar-refractivity contribution < 1.29 is 14.6 Å². The fourth-order valence-electron chi connectivity index (χ4n) is 1.94. The Bertz CT molecular complexity index is 140. The molecule has 0 aromatic carbocycles. The number of aliphatic hydroxyl groups is 1. The summed E-state index contributed by atoms with van der Waals surface area (Å²) < 4.78 is 10.7. The molecule has 2 aliphatic rings. The Balaban J connectivity index is 1.96. The fraction of sp³-hybridized carbons (Fsp3) is 1.00. The van der Waals surface area contributed by atoms with Crippen molar-refractivity contribution in [1.29, 1.82) is 0 Å². The van der Waals surface area contributed by atoms with Gasteiger partial charge in [0, 0.05) is 12.0 Å². The molecule has 0 aromatic heterocycles. The van der Waals surface area contributed by atoms with E-state index in [1.54, 1.807) is 0 Å². The van der Waals surface area contributed by atoms with Crippen LogP contribution in [0, 0.1) is 5.41 Å². The van der Waals surface area contributed by atoms with Crippen LogP contribution in [0.5, 0.6) is 0 Å². The summed E-state index contributed by atoms with van der Waals surface area (Å²) in [5.74, 6) is 0. The highest BCUT2D eigenvalue weighted by Crippen LogP contribution is 2.39. The Morgan fingerprint density at radius 2 is 2.36 bits per heavy atom. The minimum absolute atomic E-state index is 0.0664. The van der Waals surface area contributed by atoms with Crippen molar-refractivity contribution in [3.63, 3.8) is 0 Å². The number of rotatable bonds is 1. The molecule has 0 bridgehead atoms. The van der Waals surface area contributed by atoms with Crippen molar-refractivity contribution in [3.05, 3.63) is 0 Å². The number of aliphatic hydroxyl groups excluding tert-OH is 1. The van der Waals surface area contributed by atoms with Crippen LogP contribution in [0.1, 0.15) is 12.8 Å². The van der Waals surface area contributed by atoms with Gasteiger partial charge in [-0.25, -0.2) is 0 Å². The van der Waals surface area contributed by atoms with Gasteiger partial charge in [0.25, 0.3) is 0 Å². The van der Waals surface area contributed by atoms with Crippen LogP contribution in [0.3, 0.4) is 0 Å². The van der Waals surface area contributed by atoms with E-state index < -0.39 is 0 Å². The Morgan fingerprint density at radius 3 is 2.91 bits per heavy atom. The van der Waals surface area contributed by atoms with E-state index in [2.05, 4.69) is 0 Å². The molecule has 0 amide bonds. The van der Waals surface area contributed by atoms with Crippen molar-refractivity contribution in [2.45, 2.75) is 18.9 Å². The van der Waals surface area contributed by atoms with Crippen molar-refractivity contribution in [3.8, 4) is 0 Å². The maximum Gasteiger partial charge on any atom is 0.0813 e. The molecule has 3 heteroatoms. The van der Waals surface area contributed by atoms with Crippen LogP contribution in [0.4, 0.5) is 0 Å². The third-order valence-corrected chi connectivity index (χ3v) is 2.67. The number of hydrogen-bond acceptors (Lipinski definition) is 3. The van der Waals surface area contributed by atoms with E-state index in [4.69, 9.17) is 14.6 Å². The first-order chi connectivity index (χ1) is 5.35. The summed E-state index contributed by atoms with van der Waals surface area (Å²) >= 11 is 0. The van der Waals surface area contributed by atoms with Gasteiger partial charge < -0.3 is 14.6 Å². The Kier molecular flexibility index (Phi) is 1.87. The van der Waals surface area contributed by atoms with E-state index >= 15 is 0 Å². The maximum atomic E-state index is 8.84. The molecule has 64 valence electrons. The molecule has 2 aliphatic heterocycles. The number of ether oxygens (including phenoxy) is 2. The van der Waals surface area contributed by atoms with Gasteiger partial charge >= 0.3 is 0 Å². The molecule has 2 fully saturated rings. The van der Waals surface area contributed by atoms with E-state index in [1.165, 1.54) is 0 Å². The molecule has 0 unspecified atom stereocenters. The van der Waals surface area contributed by atoms with Gasteiger partial charge in [-0.05, 0) is 12.8 Å². The molecule has 3 nitrogen and oxygen atoms in total. The Hall–Kier alpha value is -0.120. The third kappa shape index (κ3) is 1.28. The molecule has 2 saturated heterocycles. The maximum absolute atomic E-state index is 8.84. The van der Waals surface area contributed by atoms with Crippen LogP contribution in [0.25, 0.3) is 0 Å². The Labute approximate surface area is 66.3 Å². The summed E-state index contributed by atoms with van der Waals surface area (Å²) in [6, 6.07) is 0. The zero-order valence-electron chi connectivity index (χ0n) is 6.58. The van der Waals surface area contributed by atoms with Gasteiger partial charge in [0.2, 0.25) is 0 Å². The van der Waals surface area contributed by atoms with Crippen LogP contribution < -0.4 is 0 Å². The van der Waals surface area contributed by atoms with Crippen molar-refractivity contribution >= 4 is 0 Å². The highest BCUT2D eigenvalue weighted by molar-refractivity contribution is 4.90. The van der Waals surface area contributed by atoms with Gasteiger partial charge in [-0.3, -0.25) is 0 Å². The third-order valence-electron chi connectivity index (χ3n) is 2.67. The molecule has 0 aromatic rings. The predicted molar refractivity (Wildman–Crippen MR) is 39.3 cm³/mol. The fourth-order valence-corrected chi connectivity index (χ4v) is 1.94. The first-order valence-corrected chi connectivity index (χ1v) is 4.15. The predicted octanol–water partition coefficient (Wildman–Crippen LogP) is 0.174. The first kappa shape index (κ1) is 7.53. The molecule has 11 heavy (non-hydrogen) atoms. The zero-order valence-corrected chi connectivity index (χ0v) is 6.58. The standard InChI is InChI=1S/C8H14O3/c9-4-7-3-8(6-11-7)1-2-10-5-8/h7,9H,1-6H2/t7-,8+/m1/s1. The van der Waals surface area contributed by atoms with Crippen LogP contribution in [-0.2, 0) is 9.47 Å². The second-order valence-electron chi connectivity index (χ2n) is 3.62. The SMILES string of the molecule is OC[C@H]1C[C@]2(CCOC2)CO1. The van der Waals surface area contributed by atoms with E-state index in [9.17, 15) is 0 Å². The van der Waals surface area contributed by atoms with Crippen molar-refractivity contribution in [1.82, 2.24) is 0 Å². The summed E-state index contributed by atoms with van der Waals surface area (Å²) in [5.41, 5.74) is 0.257. The smallest absolute Gasteiger partial charge is 0.0813 e. The highest BCUT2D eigenvalue weighted by atomic mass is 16.5. The van der Waals surface area contributed by atoms with Gasteiger partial charge in [0.05, 0.1) is 25.9 Å². The summed E-state index contributed by atoms with van der Waals surface area (Å²) in [7, 11) is 0. The van der Waals surface area contributed by atoms with Crippen LogP contribution in [-0.4, -0.2) is 37.6 Å². The van der Waals surface area contributed by atoms with E-state index in [0.717, 1.165) is 32.7 Å². The van der Waals surface area contributed by atoms with Gasteiger partial charge in [-0.15, -0.1) is 0 Å². The van der Waals surface area contributed by atoms with E-state index in [1.807, 2.05) is 0 Å². The molecule has 1 spiro atoms. The second kappa shape index (κ2) is 2.73. The van der Waals surface area contributed by atoms with Crippen LogP contribution in [0.15, 0.2) is 0 Å². The minimum Gasteiger partial charge on any atom is -0.394 e. The zero-order chi connectivity index (χ0) is 7.73. The molecule has 2 rings (SSSR count). The van der Waals surface area contributed by atoms with E-state index in [0.29, 0.717) is 0 Å². The first-order valence-electron chi connectivity index (χ1n) is 4.15. The summed E-state index contributed by atoms with van der Waals surface area (Å²) in [6.45, 7) is 2.62. The normalized spacial score (nSPS) is 43.9. The molecule has 0 aliphatic carbocycles. The topological polar surface area (TPSA) is 38.7 Å². The lowest BCUT2D eigenvalue weighted by molar-refractivity contribution is 0.0512. The molecule has 0 saturated carbocycles. The Morgan fingerprint density at radius 1 is 1.45 bits per heavy atom. The lowest BCUT2D eigenvalue weighted by Gasteiger charge is -2.17. The average Bonchev–Trinajstić information content (AvgIpc) is 2.62. The number of hydrogen-bond donors (Lipinski definition) is 1. The quantitative estimate of drug-likeness (QED) is 0.591. The molecule has 1 N–H and O–H groups in total. The van der Waals surface area contributed by atoms with Crippen molar-refractivity contribution in [2.75, 3.05) is 26.4 Å². The molecule has 0 radical (unpaired) electrons. The van der Waals surface area contributed by atoms with Crippen LogP contribution >= 0.6 is 0 Å². The monoisotopic (exact) mass is 158 g/mol. The average molecular weight is 158 g/mol. The molecule has 2 atom stereocenters. The van der Waals surface area contributed by atoms with Gasteiger partial charge in [-0.1, -0.05) is 0 Å². The molecular formula is C8H14O3. The lowest BCUT2D eigenvalue weighted by atomic mass is 9.85. The van der Waals surface area contributed by atoms with Gasteiger partial charge in [0.1, 0.15) is 0 Å². The molecular weight excluding hydrogens is 144 g/mol. The van der Waals surface area contributed by atoms with Gasteiger partial charge in [0.15, 0.2) is 0 Å². The van der Waals surface area contributed by atoms with E-state index in [-0.39, 0.29) is 18.1 Å². The van der Waals surface area contributed by atoms with Crippen LogP contribution in [0.2, 0.25) is 0 Å². The minimum atomic E-state index is 0.0664. The highest BCUT2D eigenvalue weighted by Gasteiger charge is 2.42. The van der Waals surface area contributed by atoms with Crippen molar-refractivity contribution in [2.24, 2.45) is 5.41 Å². The summed E-state index contributed by atoms with van der Waals surface area (Å²) in [6.07, 6.45) is 2.14. The van der Waals surface area contributed by atoms with Gasteiger partial charge in [-0.2, -0.15) is 0 Å². The summed E-state index contributed by atoms with van der Waals surface area (Å²) in [4.78, 5) is 0. The second-order valence-corrected chi connectivity index (χ2v) is 3.62.